The van der Waals surface area contributed by atoms with E-state index in [1.165, 1.54) is 24.3 Å². The Kier molecular flexibility index (Phi) is 4.45. The van der Waals surface area contributed by atoms with Gasteiger partial charge in [0.1, 0.15) is 5.70 Å². The smallest absolute Gasteiger partial charge is 0.282 e. The molecule has 0 aliphatic heterocycles. The SMILES string of the molecule is CC1=C=C(N=C2Cc3cc(S(=O)(=O)O)cc4cc(S(N)(=O)=O)cc2c34)C=CC=C1. The number of allylic oxidation sites excluding steroid dienone is 4. The van der Waals surface area contributed by atoms with Crippen LogP contribution in [0.5, 0.6) is 0 Å². The van der Waals surface area contributed by atoms with Crippen molar-refractivity contribution in [2.45, 2.75) is 23.1 Å². The molecule has 4 rings (SSSR count). The van der Waals surface area contributed by atoms with Crippen molar-refractivity contribution in [1.29, 1.82) is 0 Å². The van der Waals surface area contributed by atoms with Crippen LogP contribution < -0.4 is 5.14 Å². The van der Waals surface area contributed by atoms with Gasteiger partial charge in [-0.05, 0) is 59.2 Å². The molecule has 2 aliphatic carbocycles. The molecule has 0 unspecified atom stereocenters. The molecule has 0 aromatic heterocycles. The summed E-state index contributed by atoms with van der Waals surface area (Å²) in [6, 6.07) is 5.35. The van der Waals surface area contributed by atoms with Gasteiger partial charge in [-0.3, -0.25) is 4.55 Å². The second-order valence-corrected chi connectivity index (χ2v) is 9.80. The number of sulfonamides is 1. The standard InChI is InChI=1S/C20H16N2O5S2/c1-12-4-2-3-5-15(6-12)22-19-10-14-9-17(29(25,26)27)8-13-7-16(28(21,23)24)11-18(19)20(13)14/h2-5,7-9,11H,10H2,1H3,(H2,21,23,24)(H,25,26,27). The normalized spacial score (nSPS) is 17.6. The van der Waals surface area contributed by atoms with E-state index in [0.717, 1.165) is 5.57 Å². The van der Waals surface area contributed by atoms with Gasteiger partial charge in [0, 0.05) is 12.0 Å². The third-order valence-corrected chi connectivity index (χ3v) is 6.39. The number of nitrogens with zero attached hydrogens (tertiary/aromatic N) is 1. The Bertz CT molecular complexity index is 1450. The van der Waals surface area contributed by atoms with E-state index in [1.54, 1.807) is 6.08 Å². The fraction of sp³-hybridized carbons (Fsp3) is 0.100. The van der Waals surface area contributed by atoms with Crippen LogP contribution in [0.25, 0.3) is 10.8 Å². The molecule has 0 saturated heterocycles. The van der Waals surface area contributed by atoms with E-state index in [2.05, 4.69) is 10.7 Å². The maximum Gasteiger partial charge on any atom is 0.294 e. The summed E-state index contributed by atoms with van der Waals surface area (Å²) < 4.78 is 56.7. The number of hydrogen-bond donors (Lipinski definition) is 2. The molecule has 0 heterocycles. The highest BCUT2D eigenvalue weighted by molar-refractivity contribution is 7.89. The van der Waals surface area contributed by atoms with Gasteiger partial charge in [0.05, 0.1) is 15.5 Å². The molecule has 7 nitrogen and oxygen atoms in total. The van der Waals surface area contributed by atoms with Gasteiger partial charge in [0.25, 0.3) is 10.1 Å². The lowest BCUT2D eigenvalue weighted by molar-refractivity contribution is 0.483. The van der Waals surface area contributed by atoms with Gasteiger partial charge in [0.2, 0.25) is 10.0 Å². The van der Waals surface area contributed by atoms with Crippen molar-refractivity contribution in [3.8, 4) is 0 Å². The van der Waals surface area contributed by atoms with E-state index in [0.29, 0.717) is 33.3 Å². The maximum atomic E-state index is 12.0. The molecular formula is C20H16N2O5S2. The molecule has 0 fully saturated rings. The second-order valence-electron chi connectivity index (χ2n) is 6.82. The number of rotatable bonds is 3. The summed E-state index contributed by atoms with van der Waals surface area (Å²) in [6.07, 6.45) is 7.60. The van der Waals surface area contributed by atoms with Crippen LogP contribution in [0.4, 0.5) is 0 Å². The molecule has 0 atom stereocenters. The van der Waals surface area contributed by atoms with Crippen molar-refractivity contribution in [3.63, 3.8) is 0 Å². The third-order valence-electron chi connectivity index (χ3n) is 4.67. The minimum absolute atomic E-state index is 0.160. The van der Waals surface area contributed by atoms with E-state index in [1.807, 2.05) is 25.2 Å². The molecule has 0 spiro atoms. The van der Waals surface area contributed by atoms with Gasteiger partial charge >= 0.3 is 0 Å². The van der Waals surface area contributed by atoms with Crippen LogP contribution in [0.15, 0.2) is 80.4 Å². The van der Waals surface area contributed by atoms with E-state index < -0.39 is 20.1 Å². The first-order chi connectivity index (χ1) is 13.5. The van der Waals surface area contributed by atoms with E-state index in [9.17, 15) is 21.4 Å². The molecular weight excluding hydrogens is 412 g/mol. The zero-order valence-electron chi connectivity index (χ0n) is 15.2. The largest absolute Gasteiger partial charge is 0.294 e. The van der Waals surface area contributed by atoms with Crippen LogP contribution in [0.1, 0.15) is 18.1 Å². The van der Waals surface area contributed by atoms with Crippen molar-refractivity contribution in [2.24, 2.45) is 10.1 Å². The Balaban J connectivity index is 2.03. The fourth-order valence-electron chi connectivity index (χ4n) is 3.45. The monoisotopic (exact) mass is 428 g/mol. The van der Waals surface area contributed by atoms with Gasteiger partial charge in [-0.1, -0.05) is 24.0 Å². The van der Waals surface area contributed by atoms with Gasteiger partial charge in [-0.15, -0.1) is 0 Å². The van der Waals surface area contributed by atoms with Gasteiger partial charge in [-0.2, -0.15) is 8.42 Å². The van der Waals surface area contributed by atoms with Crippen molar-refractivity contribution < 1.29 is 21.4 Å². The first-order valence-electron chi connectivity index (χ1n) is 8.53. The molecule has 2 aromatic carbocycles. The summed E-state index contributed by atoms with van der Waals surface area (Å²) in [6.45, 7) is 1.88. The Morgan fingerprint density at radius 2 is 1.72 bits per heavy atom. The molecule has 0 saturated carbocycles. The summed E-state index contributed by atoms with van der Waals surface area (Å²) in [5.74, 6) is 0. The number of primary sulfonamides is 1. The maximum absolute atomic E-state index is 12.0. The molecule has 9 heteroatoms. The number of benzene rings is 2. The topological polar surface area (TPSA) is 127 Å². The lowest BCUT2D eigenvalue weighted by Gasteiger charge is -2.07. The van der Waals surface area contributed by atoms with Crippen LogP contribution in [-0.4, -0.2) is 27.1 Å². The summed E-state index contributed by atoms with van der Waals surface area (Å²) in [5, 5.41) is 6.33. The average Bonchev–Trinajstić information content (AvgIpc) is 2.81. The average molecular weight is 428 g/mol. The molecule has 2 aliphatic rings. The summed E-state index contributed by atoms with van der Waals surface area (Å²) in [7, 11) is -8.51. The highest BCUT2D eigenvalue weighted by Crippen LogP contribution is 2.36. The fourth-order valence-corrected chi connectivity index (χ4v) is 4.59. The van der Waals surface area contributed by atoms with Crippen LogP contribution >= 0.6 is 0 Å². The van der Waals surface area contributed by atoms with Crippen molar-refractivity contribution in [3.05, 3.63) is 76.7 Å². The second kappa shape index (κ2) is 6.62. The Labute approximate surface area is 168 Å². The van der Waals surface area contributed by atoms with Crippen LogP contribution in [0, 0.1) is 0 Å². The van der Waals surface area contributed by atoms with Gasteiger partial charge in [0.15, 0.2) is 0 Å². The van der Waals surface area contributed by atoms with E-state index in [-0.39, 0.29) is 16.2 Å². The predicted molar refractivity (Wildman–Crippen MR) is 110 cm³/mol. The van der Waals surface area contributed by atoms with Crippen LogP contribution in [-0.2, 0) is 26.6 Å². The Hall–Kier alpha value is -2.81. The lowest BCUT2D eigenvalue weighted by atomic mass is 10.1. The molecule has 2 aromatic rings. The van der Waals surface area contributed by atoms with E-state index in [4.69, 9.17) is 5.14 Å². The quantitative estimate of drug-likeness (QED) is 0.574. The molecule has 0 bridgehead atoms. The Morgan fingerprint density at radius 3 is 2.41 bits per heavy atom. The number of aliphatic imine (C=N–C) groups is 1. The Morgan fingerprint density at radius 1 is 1.03 bits per heavy atom. The minimum atomic E-state index is -4.47. The molecule has 148 valence electrons. The summed E-state index contributed by atoms with van der Waals surface area (Å²) in [5.41, 5.74) is 6.31. The van der Waals surface area contributed by atoms with Crippen molar-refractivity contribution in [1.82, 2.24) is 0 Å². The molecule has 0 radical (unpaired) electrons. The molecule has 3 N–H and O–H groups in total. The van der Waals surface area contributed by atoms with Gasteiger partial charge in [-0.25, -0.2) is 18.5 Å². The lowest BCUT2D eigenvalue weighted by Crippen LogP contribution is -2.13. The number of hydrogen-bond acceptors (Lipinski definition) is 5. The van der Waals surface area contributed by atoms with Gasteiger partial charge < -0.3 is 0 Å². The first kappa shape index (κ1) is 19.5. The summed E-state index contributed by atoms with van der Waals surface area (Å²) in [4.78, 5) is 4.15. The van der Waals surface area contributed by atoms with Crippen LogP contribution in [0.3, 0.4) is 0 Å². The predicted octanol–water partition coefficient (Wildman–Crippen LogP) is 2.63. The highest BCUT2D eigenvalue weighted by atomic mass is 32.2. The minimum Gasteiger partial charge on any atom is -0.282 e. The van der Waals surface area contributed by atoms with E-state index >= 15 is 0 Å². The van der Waals surface area contributed by atoms with Crippen molar-refractivity contribution in [2.75, 3.05) is 0 Å². The number of nitrogens with two attached hydrogens (primary N) is 1. The summed E-state index contributed by atoms with van der Waals surface area (Å²) >= 11 is 0. The first-order valence-corrected chi connectivity index (χ1v) is 11.5. The van der Waals surface area contributed by atoms with Crippen molar-refractivity contribution >= 4 is 36.6 Å². The zero-order valence-corrected chi connectivity index (χ0v) is 16.9. The zero-order chi connectivity index (χ0) is 21.0. The molecule has 29 heavy (non-hydrogen) atoms. The molecule has 0 amide bonds. The van der Waals surface area contributed by atoms with Crippen LogP contribution in [0.2, 0.25) is 0 Å². The highest BCUT2D eigenvalue weighted by Gasteiger charge is 2.26. The third kappa shape index (κ3) is 3.74.